The van der Waals surface area contributed by atoms with Crippen molar-refractivity contribution in [1.82, 2.24) is 30.2 Å². The maximum absolute atomic E-state index is 13.0. The highest BCUT2D eigenvalue weighted by Crippen LogP contribution is 2.24. The lowest BCUT2D eigenvalue weighted by Gasteiger charge is -2.33. The van der Waals surface area contributed by atoms with E-state index in [1.165, 1.54) is 0 Å². The zero-order valence-corrected chi connectivity index (χ0v) is 20.4. The summed E-state index contributed by atoms with van der Waals surface area (Å²) in [5, 5.41) is 3.89. The van der Waals surface area contributed by atoms with Gasteiger partial charge in [-0.2, -0.15) is 0 Å². The Balaban J connectivity index is 1.36. The van der Waals surface area contributed by atoms with E-state index in [0.717, 1.165) is 65.4 Å². The number of H-pyrrole nitrogens is 1. The van der Waals surface area contributed by atoms with Gasteiger partial charge in [0.05, 0.1) is 5.69 Å². The fraction of sp³-hybridized carbons (Fsp3) is 0.222. The minimum atomic E-state index is -0.263. The van der Waals surface area contributed by atoms with Crippen LogP contribution in [-0.2, 0) is 0 Å². The van der Waals surface area contributed by atoms with E-state index in [4.69, 9.17) is 0 Å². The lowest BCUT2D eigenvalue weighted by molar-refractivity contribution is 0.0966. The van der Waals surface area contributed by atoms with Crippen molar-refractivity contribution >= 4 is 35.6 Å². The van der Waals surface area contributed by atoms with Crippen LogP contribution >= 0.6 is 0 Å². The second-order valence-electron chi connectivity index (χ2n) is 8.90. The Hall–Kier alpha value is -4.37. The third kappa shape index (κ3) is 5.01. The monoisotopic (exact) mass is 480 g/mol. The minimum absolute atomic E-state index is 0.263. The number of amides is 1. The average molecular weight is 481 g/mol. The minimum Gasteiger partial charge on any atom is -0.354 e. The summed E-state index contributed by atoms with van der Waals surface area (Å²) in [6.07, 6.45) is 8.92. The molecule has 1 fully saturated rings. The number of pyridine rings is 3. The second kappa shape index (κ2) is 10.1. The molecule has 0 spiro atoms. The van der Waals surface area contributed by atoms with Gasteiger partial charge in [-0.1, -0.05) is 0 Å². The van der Waals surface area contributed by atoms with E-state index < -0.39 is 0 Å². The van der Waals surface area contributed by atoms with Crippen LogP contribution in [-0.4, -0.2) is 70.7 Å². The Morgan fingerprint density at radius 2 is 1.94 bits per heavy atom. The summed E-state index contributed by atoms with van der Waals surface area (Å²) in [5.41, 5.74) is 4.87. The molecule has 0 aliphatic carbocycles. The van der Waals surface area contributed by atoms with Crippen molar-refractivity contribution in [1.29, 1.82) is 0 Å². The van der Waals surface area contributed by atoms with Crippen molar-refractivity contribution in [2.75, 3.05) is 38.1 Å². The molecule has 0 radical (unpaired) electrons. The molecule has 1 aliphatic rings. The van der Waals surface area contributed by atoms with Gasteiger partial charge in [-0.25, -0.2) is 15.0 Å². The first-order valence-electron chi connectivity index (χ1n) is 11.8. The number of carbonyl (C=O) groups excluding carboxylic acids is 1. The van der Waals surface area contributed by atoms with E-state index in [0.29, 0.717) is 11.4 Å². The molecule has 0 bridgehead atoms. The number of rotatable bonds is 6. The third-order valence-electron chi connectivity index (χ3n) is 6.38. The van der Waals surface area contributed by atoms with Gasteiger partial charge in [-0.3, -0.25) is 9.78 Å². The number of nitrogens with zero attached hydrogens (tertiary/aromatic N) is 6. The van der Waals surface area contributed by atoms with Crippen molar-refractivity contribution in [3.63, 3.8) is 0 Å². The van der Waals surface area contributed by atoms with E-state index >= 15 is 0 Å². The number of carbonyl (C=O) groups is 1. The normalized spacial score (nSPS) is 14.7. The second-order valence-corrected chi connectivity index (χ2v) is 8.90. The fourth-order valence-electron chi connectivity index (χ4n) is 4.16. The number of aryl methyl sites for hydroxylation is 1. The molecule has 0 aromatic carbocycles. The highest BCUT2D eigenvalue weighted by atomic mass is 16.1. The number of aromatic nitrogens is 4. The molecule has 0 atom stereocenters. The van der Waals surface area contributed by atoms with E-state index in [-0.39, 0.29) is 5.91 Å². The van der Waals surface area contributed by atoms with Crippen molar-refractivity contribution in [3.8, 4) is 11.3 Å². The molecule has 4 aromatic heterocycles. The number of piperazine rings is 1. The number of hydrogen-bond acceptors (Lipinski definition) is 7. The Bertz CT molecular complexity index is 1450. The smallest absolute Gasteiger partial charge is 0.257 e. The molecule has 182 valence electrons. The largest absolute Gasteiger partial charge is 0.354 e. The zero-order chi connectivity index (χ0) is 25.1. The first-order chi connectivity index (χ1) is 17.5. The first-order valence-corrected chi connectivity index (χ1v) is 11.8. The van der Waals surface area contributed by atoms with Crippen LogP contribution in [0.25, 0.3) is 28.4 Å². The van der Waals surface area contributed by atoms with Gasteiger partial charge >= 0.3 is 0 Å². The Labute approximate surface area is 209 Å². The zero-order valence-electron chi connectivity index (χ0n) is 20.4. The summed E-state index contributed by atoms with van der Waals surface area (Å²) in [6.45, 7) is 9.31. The summed E-state index contributed by atoms with van der Waals surface area (Å²) in [7, 11) is 2.11. The Kier molecular flexibility index (Phi) is 6.55. The maximum atomic E-state index is 13.0. The summed E-state index contributed by atoms with van der Waals surface area (Å²) in [4.78, 5) is 38.2. The van der Waals surface area contributed by atoms with Crippen LogP contribution in [0.2, 0.25) is 0 Å². The van der Waals surface area contributed by atoms with Gasteiger partial charge in [0, 0.05) is 67.5 Å². The molecule has 0 unspecified atom stereocenters. The molecule has 9 heteroatoms. The van der Waals surface area contributed by atoms with Gasteiger partial charge in [-0.05, 0) is 68.2 Å². The number of anilines is 1. The van der Waals surface area contributed by atoms with Crippen LogP contribution in [0, 0.1) is 6.92 Å². The van der Waals surface area contributed by atoms with Gasteiger partial charge in [0.15, 0.2) is 0 Å². The molecule has 5 rings (SSSR count). The predicted octanol–water partition coefficient (Wildman–Crippen LogP) is 3.51. The van der Waals surface area contributed by atoms with E-state index in [9.17, 15) is 4.79 Å². The van der Waals surface area contributed by atoms with Gasteiger partial charge in [0.2, 0.25) is 0 Å². The molecular formula is C27H28N8O. The third-order valence-corrected chi connectivity index (χ3v) is 6.38. The van der Waals surface area contributed by atoms with Gasteiger partial charge < -0.3 is 20.1 Å². The van der Waals surface area contributed by atoms with Crippen molar-refractivity contribution in [2.45, 2.75) is 6.92 Å². The van der Waals surface area contributed by atoms with Crippen LogP contribution in [0.1, 0.15) is 21.5 Å². The number of nitrogens with one attached hydrogen (secondary N) is 2. The van der Waals surface area contributed by atoms with Crippen molar-refractivity contribution < 1.29 is 4.79 Å². The molecule has 9 nitrogen and oxygen atoms in total. The van der Waals surface area contributed by atoms with Crippen LogP contribution in [0.15, 0.2) is 65.9 Å². The van der Waals surface area contributed by atoms with Crippen molar-refractivity contribution in [3.05, 3.63) is 77.6 Å². The maximum Gasteiger partial charge on any atom is 0.257 e. The van der Waals surface area contributed by atoms with Crippen molar-refractivity contribution in [2.24, 2.45) is 4.99 Å². The number of aliphatic imine (C=N–C) groups is 1. The van der Waals surface area contributed by atoms with E-state index in [1.807, 2.05) is 37.4 Å². The number of fused-ring (bicyclic) bond motifs is 1. The molecule has 1 amide bonds. The summed E-state index contributed by atoms with van der Waals surface area (Å²) < 4.78 is 0. The Morgan fingerprint density at radius 1 is 1.11 bits per heavy atom. The quantitative estimate of drug-likeness (QED) is 0.410. The summed E-state index contributed by atoms with van der Waals surface area (Å²) in [6, 6.07) is 9.50. The van der Waals surface area contributed by atoms with E-state index in [1.54, 1.807) is 30.7 Å². The molecule has 4 aromatic rings. The summed E-state index contributed by atoms with van der Waals surface area (Å²) >= 11 is 0. The molecule has 36 heavy (non-hydrogen) atoms. The van der Waals surface area contributed by atoms with Gasteiger partial charge in [0.1, 0.15) is 17.3 Å². The molecule has 1 saturated heterocycles. The lowest BCUT2D eigenvalue weighted by Crippen LogP contribution is -2.44. The molecule has 2 N–H and O–H groups in total. The topological polar surface area (TPSA) is 102 Å². The average Bonchev–Trinajstić information content (AvgIpc) is 3.38. The highest BCUT2D eigenvalue weighted by molar-refractivity contribution is 5.96. The summed E-state index contributed by atoms with van der Waals surface area (Å²) in [5.74, 6) is 0.897. The first kappa shape index (κ1) is 23.4. The number of aromatic amines is 1. The van der Waals surface area contributed by atoms with Gasteiger partial charge in [0.25, 0.3) is 5.91 Å². The lowest BCUT2D eigenvalue weighted by atomic mass is 10.1. The van der Waals surface area contributed by atoms with Gasteiger partial charge in [-0.15, -0.1) is 0 Å². The van der Waals surface area contributed by atoms with Crippen LogP contribution < -0.4 is 10.2 Å². The van der Waals surface area contributed by atoms with E-state index in [2.05, 4.69) is 53.8 Å². The molecular weight excluding hydrogens is 452 g/mol. The van der Waals surface area contributed by atoms with Crippen LogP contribution in [0.3, 0.4) is 0 Å². The SMILES string of the molecule is C=N/C(=C\c1cc(-c2cnc3[nH]ccc3c2)ncc1C)NC(=O)c1ccnc(N2CCN(C)CC2)c1. The molecule has 0 saturated carbocycles. The van der Waals surface area contributed by atoms with Crippen LogP contribution in [0.5, 0.6) is 0 Å². The Morgan fingerprint density at radius 3 is 2.75 bits per heavy atom. The number of hydrogen-bond donors (Lipinski definition) is 2. The van der Waals surface area contributed by atoms with Crippen LogP contribution in [0.4, 0.5) is 5.82 Å². The fourth-order valence-corrected chi connectivity index (χ4v) is 4.16. The molecule has 5 heterocycles. The molecule has 1 aliphatic heterocycles. The number of likely N-dealkylation sites (N-methyl/N-ethyl adjacent to an activating group) is 1. The highest BCUT2D eigenvalue weighted by Gasteiger charge is 2.17. The standard InChI is InChI=1S/C27H28N8O/c1-18-16-31-23(22-12-19-4-7-30-26(19)32-17-22)13-21(18)14-24(28-2)33-27(36)20-5-6-29-25(15-20)35-10-8-34(3)9-11-35/h4-7,12-17H,2,8-11H2,1,3H3,(H,30,32)(H,33,36)/b24-14+. The predicted molar refractivity (Wildman–Crippen MR) is 143 cm³/mol.